The van der Waals surface area contributed by atoms with Gasteiger partial charge in [0, 0.05) is 17.3 Å². The van der Waals surface area contributed by atoms with Gasteiger partial charge in [0.1, 0.15) is 5.82 Å². The van der Waals surface area contributed by atoms with Crippen molar-refractivity contribution in [1.29, 1.82) is 0 Å². The summed E-state index contributed by atoms with van der Waals surface area (Å²) in [6, 6.07) is 10.3. The molecule has 0 unspecified atom stereocenters. The first kappa shape index (κ1) is 11.0. The third-order valence-electron chi connectivity index (χ3n) is 2.76. The second-order valence-corrected chi connectivity index (χ2v) is 4.84. The Morgan fingerprint density at radius 2 is 2.11 bits per heavy atom. The predicted molar refractivity (Wildman–Crippen MR) is 76.8 cm³/mol. The molecule has 0 bridgehead atoms. The fourth-order valence-corrected chi connectivity index (χ4v) is 2.66. The third-order valence-corrected chi connectivity index (χ3v) is 3.68. The van der Waals surface area contributed by atoms with Crippen molar-refractivity contribution in [3.05, 3.63) is 35.7 Å². The Bertz CT molecular complexity index is 692. The van der Waals surface area contributed by atoms with Crippen LogP contribution < -0.4 is 11.1 Å². The van der Waals surface area contributed by atoms with Gasteiger partial charge in [-0.2, -0.15) is 4.98 Å². The smallest absolute Gasteiger partial charge is 0.222 e. The second-order valence-electron chi connectivity index (χ2n) is 3.89. The number of benzene rings is 1. The highest BCUT2D eigenvalue weighted by Crippen LogP contribution is 2.29. The standard InChI is InChI=1S/C13H12N4S/c1-15-12-9-5-4-8(11-3-2-6-18-11)7-10(9)16-13(14)17-12/h2-7H,1H3,(H3,14,15,16,17). The molecule has 18 heavy (non-hydrogen) atoms. The summed E-state index contributed by atoms with van der Waals surface area (Å²) < 4.78 is 0. The number of nitrogen functional groups attached to an aromatic ring is 1. The lowest BCUT2D eigenvalue weighted by atomic mass is 10.1. The third kappa shape index (κ3) is 1.78. The molecule has 3 N–H and O–H groups in total. The number of nitrogens with two attached hydrogens (primary N) is 1. The van der Waals surface area contributed by atoms with E-state index in [2.05, 4.69) is 32.8 Å². The van der Waals surface area contributed by atoms with Crippen molar-refractivity contribution in [2.75, 3.05) is 18.1 Å². The fraction of sp³-hybridized carbons (Fsp3) is 0.0769. The minimum atomic E-state index is 0.287. The SMILES string of the molecule is CNc1nc(N)nc2cc(-c3cccs3)ccc12. The molecule has 5 heteroatoms. The molecule has 0 saturated heterocycles. The molecule has 0 radical (unpaired) electrons. The van der Waals surface area contributed by atoms with Gasteiger partial charge < -0.3 is 11.1 Å². The molecule has 2 heterocycles. The average molecular weight is 256 g/mol. The quantitative estimate of drug-likeness (QED) is 0.740. The summed E-state index contributed by atoms with van der Waals surface area (Å²) in [5.41, 5.74) is 7.72. The lowest BCUT2D eigenvalue weighted by Crippen LogP contribution is -2.00. The monoisotopic (exact) mass is 256 g/mol. The molecule has 0 fully saturated rings. The van der Waals surface area contributed by atoms with Crippen LogP contribution in [0.5, 0.6) is 0 Å². The summed E-state index contributed by atoms with van der Waals surface area (Å²) >= 11 is 1.71. The number of hydrogen-bond acceptors (Lipinski definition) is 5. The van der Waals surface area contributed by atoms with Crippen LogP contribution in [0.1, 0.15) is 0 Å². The minimum absolute atomic E-state index is 0.287. The maximum absolute atomic E-state index is 5.71. The van der Waals surface area contributed by atoms with Gasteiger partial charge in [-0.25, -0.2) is 4.98 Å². The molecule has 90 valence electrons. The number of fused-ring (bicyclic) bond motifs is 1. The molecular weight excluding hydrogens is 244 g/mol. The van der Waals surface area contributed by atoms with E-state index in [-0.39, 0.29) is 5.95 Å². The Labute approximate surface area is 109 Å². The van der Waals surface area contributed by atoms with E-state index < -0.39 is 0 Å². The van der Waals surface area contributed by atoms with Crippen LogP contribution in [-0.4, -0.2) is 17.0 Å². The first-order chi connectivity index (χ1) is 8.78. The van der Waals surface area contributed by atoms with Gasteiger partial charge in [-0.15, -0.1) is 11.3 Å². The lowest BCUT2D eigenvalue weighted by molar-refractivity contribution is 1.22. The summed E-state index contributed by atoms with van der Waals surface area (Å²) in [5, 5.41) is 6.08. The van der Waals surface area contributed by atoms with Crippen molar-refractivity contribution in [1.82, 2.24) is 9.97 Å². The molecule has 1 aromatic carbocycles. The molecule has 0 aliphatic heterocycles. The number of anilines is 2. The lowest BCUT2D eigenvalue weighted by Gasteiger charge is -2.07. The zero-order valence-corrected chi connectivity index (χ0v) is 10.7. The van der Waals surface area contributed by atoms with Crippen molar-refractivity contribution in [2.24, 2.45) is 0 Å². The van der Waals surface area contributed by atoms with Crippen LogP contribution in [0.3, 0.4) is 0 Å². The number of nitrogens with zero attached hydrogens (tertiary/aromatic N) is 2. The van der Waals surface area contributed by atoms with Gasteiger partial charge in [-0.3, -0.25) is 0 Å². The van der Waals surface area contributed by atoms with Gasteiger partial charge >= 0.3 is 0 Å². The van der Waals surface area contributed by atoms with Crippen molar-refractivity contribution >= 4 is 34.0 Å². The Kier molecular flexibility index (Phi) is 2.60. The Balaban J connectivity index is 2.24. The topological polar surface area (TPSA) is 63.8 Å². The van der Waals surface area contributed by atoms with E-state index in [0.29, 0.717) is 0 Å². The Morgan fingerprint density at radius 1 is 1.22 bits per heavy atom. The van der Waals surface area contributed by atoms with Crippen LogP contribution in [0.2, 0.25) is 0 Å². The minimum Gasteiger partial charge on any atom is -0.372 e. The number of nitrogens with one attached hydrogen (secondary N) is 1. The first-order valence-corrected chi connectivity index (χ1v) is 6.45. The van der Waals surface area contributed by atoms with Crippen molar-refractivity contribution in [3.8, 4) is 10.4 Å². The number of hydrogen-bond donors (Lipinski definition) is 2. The van der Waals surface area contributed by atoms with Crippen molar-refractivity contribution < 1.29 is 0 Å². The van der Waals surface area contributed by atoms with Gasteiger partial charge in [0.25, 0.3) is 0 Å². The molecule has 0 aliphatic carbocycles. The summed E-state index contributed by atoms with van der Waals surface area (Å²) in [6.45, 7) is 0. The largest absolute Gasteiger partial charge is 0.372 e. The molecule has 0 saturated carbocycles. The average Bonchev–Trinajstić information content (AvgIpc) is 2.90. The van der Waals surface area contributed by atoms with Gasteiger partial charge in [0.15, 0.2) is 0 Å². The molecule has 0 amide bonds. The van der Waals surface area contributed by atoms with E-state index in [9.17, 15) is 0 Å². The van der Waals surface area contributed by atoms with Gasteiger partial charge in [-0.05, 0) is 29.1 Å². The van der Waals surface area contributed by atoms with Crippen LogP contribution in [0.25, 0.3) is 21.3 Å². The van der Waals surface area contributed by atoms with Crippen LogP contribution in [0.4, 0.5) is 11.8 Å². The summed E-state index contributed by atoms with van der Waals surface area (Å²) in [7, 11) is 1.83. The molecule has 0 atom stereocenters. The fourth-order valence-electron chi connectivity index (χ4n) is 1.93. The highest BCUT2D eigenvalue weighted by Gasteiger charge is 2.07. The molecular formula is C13H12N4S. The van der Waals surface area contributed by atoms with E-state index in [1.165, 1.54) is 4.88 Å². The maximum Gasteiger partial charge on any atom is 0.222 e. The van der Waals surface area contributed by atoms with E-state index in [0.717, 1.165) is 22.3 Å². The van der Waals surface area contributed by atoms with Crippen molar-refractivity contribution in [2.45, 2.75) is 0 Å². The van der Waals surface area contributed by atoms with Gasteiger partial charge in [-0.1, -0.05) is 12.1 Å². The molecule has 0 aliphatic rings. The summed E-state index contributed by atoms with van der Waals surface area (Å²) in [4.78, 5) is 9.68. The van der Waals surface area contributed by atoms with E-state index in [4.69, 9.17) is 5.73 Å². The maximum atomic E-state index is 5.71. The van der Waals surface area contributed by atoms with E-state index in [1.54, 1.807) is 11.3 Å². The molecule has 3 aromatic rings. The molecule has 4 nitrogen and oxygen atoms in total. The van der Waals surface area contributed by atoms with Gasteiger partial charge in [0.05, 0.1) is 5.52 Å². The Hall–Kier alpha value is -2.14. The zero-order valence-electron chi connectivity index (χ0n) is 9.84. The number of rotatable bonds is 2. The zero-order chi connectivity index (χ0) is 12.5. The molecule has 2 aromatic heterocycles. The van der Waals surface area contributed by atoms with Crippen molar-refractivity contribution in [3.63, 3.8) is 0 Å². The highest BCUT2D eigenvalue weighted by atomic mass is 32.1. The number of thiophene rings is 1. The van der Waals surface area contributed by atoms with E-state index >= 15 is 0 Å². The molecule has 3 rings (SSSR count). The summed E-state index contributed by atoms with van der Waals surface area (Å²) in [5.74, 6) is 1.05. The number of aromatic nitrogens is 2. The predicted octanol–water partition coefficient (Wildman–Crippen LogP) is 2.98. The van der Waals surface area contributed by atoms with Crippen LogP contribution in [0.15, 0.2) is 35.7 Å². The van der Waals surface area contributed by atoms with Crippen LogP contribution in [0, 0.1) is 0 Å². The highest BCUT2D eigenvalue weighted by molar-refractivity contribution is 7.13. The van der Waals surface area contributed by atoms with Gasteiger partial charge in [0.2, 0.25) is 5.95 Å². The van der Waals surface area contributed by atoms with E-state index in [1.807, 2.05) is 25.2 Å². The van der Waals surface area contributed by atoms with Crippen LogP contribution >= 0.6 is 11.3 Å². The second kappa shape index (κ2) is 4.27. The molecule has 0 spiro atoms. The summed E-state index contributed by atoms with van der Waals surface area (Å²) in [6.07, 6.45) is 0. The Morgan fingerprint density at radius 3 is 2.83 bits per heavy atom. The normalized spacial score (nSPS) is 10.7. The first-order valence-electron chi connectivity index (χ1n) is 5.57. The van der Waals surface area contributed by atoms with Crippen LogP contribution in [-0.2, 0) is 0 Å².